The molecule has 0 unspecified atom stereocenters. The van der Waals surface area contributed by atoms with E-state index in [4.69, 9.17) is 33.8 Å². The van der Waals surface area contributed by atoms with Gasteiger partial charge in [0.1, 0.15) is 90.6 Å². The number of nitrogens with one attached hydrogen (secondary N) is 16. The molecule has 1 heterocycles. The third-order valence-corrected chi connectivity index (χ3v) is 17.5. The lowest BCUT2D eigenvalue weighted by Gasteiger charge is -2.29. The summed E-state index contributed by atoms with van der Waals surface area (Å²) in [5.41, 5.74) is 28.2. The third kappa shape index (κ3) is 35.6. The van der Waals surface area contributed by atoms with E-state index < -0.39 is 248 Å². The first kappa shape index (κ1) is 99.5. The number of hydrogen-bond donors (Lipinski definition) is 27. The number of unbranched alkanes of at least 4 members (excludes halogenated alkanes) is 1. The first-order chi connectivity index (χ1) is 54.2. The predicted molar refractivity (Wildman–Crippen MR) is 406 cm³/mol. The van der Waals surface area contributed by atoms with Gasteiger partial charge in [0.15, 0.2) is 5.96 Å². The second kappa shape index (κ2) is 51.2. The Bertz CT molecular complexity index is 3630. The van der Waals surface area contributed by atoms with Gasteiger partial charge in [-0.1, -0.05) is 64.4 Å². The number of aliphatic hydroxyl groups excluding tert-OH is 5. The zero-order valence-corrected chi connectivity index (χ0v) is 65.2. The van der Waals surface area contributed by atoms with Crippen LogP contribution in [0, 0.1) is 11.8 Å². The van der Waals surface area contributed by atoms with E-state index in [2.05, 4.69) is 94.7 Å². The number of guanidine groups is 1. The number of primary amides is 1. The number of carboxylic acid groups (broad SMARTS) is 1. The SMILES string of the molecule is CC[C@@H](C)[C@H](NC(=O)[C@H](C)NC(=O)[C@H](CO)NC(=O)[C@@H](Cc1ccccc1)NC(=O)[C@H](C)NC(=O)[C@H](NC(=O)[C@@H](CCCCN)NC(=O)[C@@H](C)NC(=O)[C@@H](CO)NC(=O)CNC(=O)[C@H](N)CO)C(C)C)C(=O)N[C@@H](CCCN=C(N)N)C(=O)N[C@H](CO)C(=O)N[C@@H](C(=O)N[C@H](CC(N)=O)C(=O)N[C@H](Cc1cnc[nH]1)C(=O)O)[C@H](C)O. The monoisotopic (exact) mass is 1630 g/mol. The van der Waals surface area contributed by atoms with Crippen LogP contribution in [0.25, 0.3) is 0 Å². The number of benzene rings is 1. The molecule has 46 nitrogen and oxygen atoms in total. The summed E-state index contributed by atoms with van der Waals surface area (Å²) in [6, 6.07) is -15.9. The minimum atomic E-state index is -2.00. The Labute approximate surface area is 661 Å². The van der Waals surface area contributed by atoms with Crippen molar-refractivity contribution in [2.75, 3.05) is 46.1 Å². The van der Waals surface area contributed by atoms with Crippen LogP contribution in [0.3, 0.4) is 0 Å². The van der Waals surface area contributed by atoms with Gasteiger partial charge in [0.05, 0.1) is 51.8 Å². The molecule has 0 radical (unpaired) electrons. The topological polar surface area (TPSA) is 763 Å². The molecule has 642 valence electrons. The quantitative estimate of drug-likeness (QED) is 0.0166. The minimum Gasteiger partial charge on any atom is -0.480 e. The Morgan fingerprint density at radius 1 is 0.470 bits per heavy atom. The number of hydrogen-bond acceptors (Lipinski definition) is 26. The van der Waals surface area contributed by atoms with Crippen LogP contribution in [0.15, 0.2) is 47.8 Å². The number of imidazole rings is 1. The Morgan fingerprint density at radius 2 is 0.896 bits per heavy atom. The van der Waals surface area contributed by atoms with Crippen LogP contribution in [0.2, 0.25) is 0 Å². The molecule has 1 aromatic carbocycles. The molecule has 0 aliphatic rings. The highest BCUT2D eigenvalue weighted by molar-refractivity contribution is 6.01. The molecule has 0 fully saturated rings. The van der Waals surface area contributed by atoms with Crippen LogP contribution < -0.4 is 108 Å². The number of aliphatic imine (C=N–C) groups is 1. The van der Waals surface area contributed by atoms with Crippen molar-refractivity contribution < 1.29 is 112 Å². The van der Waals surface area contributed by atoms with Crippen molar-refractivity contribution in [3.8, 4) is 0 Å². The summed E-state index contributed by atoms with van der Waals surface area (Å²) < 4.78 is 0. The number of aromatic amines is 1. The average molecular weight is 1630 g/mol. The maximum Gasteiger partial charge on any atom is 0.326 e. The summed E-state index contributed by atoms with van der Waals surface area (Å²) in [7, 11) is 0. The minimum absolute atomic E-state index is 0.0262. The molecule has 115 heavy (non-hydrogen) atoms. The summed E-state index contributed by atoms with van der Waals surface area (Å²) in [5.74, 6) is -20.2. The van der Waals surface area contributed by atoms with E-state index in [9.17, 15) is 107 Å². The molecule has 17 atom stereocenters. The highest BCUT2D eigenvalue weighted by atomic mass is 16.4. The zero-order valence-electron chi connectivity index (χ0n) is 65.2. The van der Waals surface area contributed by atoms with Crippen molar-refractivity contribution in [3.05, 3.63) is 54.1 Å². The van der Waals surface area contributed by atoms with Crippen LogP contribution in [0.5, 0.6) is 0 Å². The highest BCUT2D eigenvalue weighted by Gasteiger charge is 2.39. The number of amides is 16. The van der Waals surface area contributed by atoms with Gasteiger partial charge in [-0.3, -0.25) is 81.7 Å². The Kier molecular flexibility index (Phi) is 44.3. The van der Waals surface area contributed by atoms with E-state index in [1.165, 1.54) is 33.3 Å². The van der Waals surface area contributed by atoms with Gasteiger partial charge in [0.2, 0.25) is 94.5 Å². The Morgan fingerprint density at radius 3 is 1.38 bits per heavy atom. The summed E-state index contributed by atoms with van der Waals surface area (Å²) >= 11 is 0. The number of H-pyrrole nitrogens is 1. The summed E-state index contributed by atoms with van der Waals surface area (Å²) in [6.45, 7) is 6.47. The smallest absolute Gasteiger partial charge is 0.326 e. The van der Waals surface area contributed by atoms with Crippen LogP contribution in [-0.4, -0.2) is 290 Å². The number of nitrogens with zero attached hydrogens (tertiary/aromatic N) is 2. The molecule has 0 spiro atoms. The molecule has 0 aliphatic heterocycles. The fourth-order valence-electron chi connectivity index (χ4n) is 10.5. The average Bonchev–Trinajstić information content (AvgIpc) is 0.859. The van der Waals surface area contributed by atoms with Gasteiger partial charge in [0, 0.05) is 31.3 Å². The largest absolute Gasteiger partial charge is 0.480 e. The molecule has 1 aromatic heterocycles. The number of aromatic nitrogens is 2. The van der Waals surface area contributed by atoms with Gasteiger partial charge in [-0.25, -0.2) is 9.78 Å². The van der Waals surface area contributed by atoms with Crippen LogP contribution in [0.4, 0.5) is 0 Å². The Balaban J connectivity index is 2.31. The predicted octanol–water partition coefficient (Wildman–Crippen LogP) is -12.3. The molecule has 32 N–H and O–H groups in total. The lowest BCUT2D eigenvalue weighted by Crippen LogP contribution is -2.62. The fraction of sp³-hybridized carbons (Fsp3) is 0.609. The third-order valence-electron chi connectivity index (χ3n) is 17.5. The standard InChI is InChI=1S/C69H113N23O23/c1-9-33(4)52(66(112)84-42(19-15-21-76-69(73)74)58(104)88-48(30-96)64(110)92-53(37(8)97)67(113)86-44(24-49(72)98)61(107)87-45(68(114)115)23-39-25-75-31-78-39)91-56(102)36(7)80-63(109)47(29-95)89-60(106)43(22-38-16-11-10-12-17-38)85-55(101)35(6)81-65(111)51(32(2)3)90-59(105)41(18-13-14-20-70)83-54(100)34(5)79-62(108)46(28-94)82-50(99)26-77-57(103)40(71)27-93/h10-12,16-17,25,31-37,40-48,51-53,93-97H,9,13-15,18-24,26-30,70-71H2,1-8H3,(H2,72,98)(H,75,78)(H,77,103)(H,79,108)(H,80,109)(H,81,111)(H,82,99)(H,83,100)(H,84,112)(H,85,101)(H,86,113)(H,87,107)(H,88,104)(H,89,106)(H,90,105)(H,91,102)(H,92,110)(H,114,115)(H4,73,74,76)/t33-,34-,35+,36+,37+,40-,41-,42+,43-,44-,45-,46-,47+,48-,51-,52+,53-/m1/s1. The van der Waals surface area contributed by atoms with Gasteiger partial charge in [-0.2, -0.15) is 0 Å². The molecule has 16 amide bonds. The molecule has 0 aliphatic carbocycles. The van der Waals surface area contributed by atoms with E-state index in [0.717, 1.165) is 6.92 Å². The Hall–Kier alpha value is -11.6. The van der Waals surface area contributed by atoms with Crippen LogP contribution in [0.1, 0.15) is 112 Å². The molecule has 0 bridgehead atoms. The number of aliphatic carboxylic acids is 1. The second-order valence-corrected chi connectivity index (χ2v) is 27.3. The molecular formula is C69H113N23O23. The van der Waals surface area contributed by atoms with E-state index in [1.807, 2.05) is 0 Å². The van der Waals surface area contributed by atoms with Crippen LogP contribution in [-0.2, 0) is 94.3 Å². The molecule has 0 saturated heterocycles. The van der Waals surface area contributed by atoms with Crippen molar-refractivity contribution in [1.82, 2.24) is 89.7 Å². The van der Waals surface area contributed by atoms with Crippen molar-refractivity contribution in [1.29, 1.82) is 0 Å². The number of nitrogens with two attached hydrogens (primary N) is 5. The molecule has 46 heteroatoms. The first-order valence-electron chi connectivity index (χ1n) is 36.8. The van der Waals surface area contributed by atoms with Gasteiger partial charge in [-0.05, 0) is 83.7 Å². The molecular weight excluding hydrogens is 1520 g/mol. The molecule has 2 aromatic rings. The van der Waals surface area contributed by atoms with Crippen LogP contribution >= 0.6 is 0 Å². The molecule has 0 saturated carbocycles. The van der Waals surface area contributed by atoms with Gasteiger partial charge in [0.25, 0.3) is 0 Å². The number of carboxylic acids is 1. The number of aliphatic hydroxyl groups is 5. The lowest BCUT2D eigenvalue weighted by atomic mass is 9.97. The molecule has 2 rings (SSSR count). The number of carbonyl (C=O) groups excluding carboxylic acids is 16. The maximum atomic E-state index is 14.3. The summed E-state index contributed by atoms with van der Waals surface area (Å²) in [6.07, 6.45) is -0.193. The zero-order chi connectivity index (χ0) is 86.9. The maximum absolute atomic E-state index is 14.3. The van der Waals surface area contributed by atoms with Crippen molar-refractivity contribution >= 4 is 106 Å². The second-order valence-electron chi connectivity index (χ2n) is 27.3. The van der Waals surface area contributed by atoms with Crippen molar-refractivity contribution in [3.63, 3.8) is 0 Å². The summed E-state index contributed by atoms with van der Waals surface area (Å²) in [5, 5.41) is 95.4. The van der Waals surface area contributed by atoms with Crippen molar-refractivity contribution in [2.24, 2.45) is 45.5 Å². The number of rotatable bonds is 53. The summed E-state index contributed by atoms with van der Waals surface area (Å²) in [4.78, 5) is 239. The van der Waals surface area contributed by atoms with Gasteiger partial charge >= 0.3 is 5.97 Å². The normalized spacial score (nSPS) is 15.5. The van der Waals surface area contributed by atoms with E-state index >= 15 is 0 Å². The van der Waals surface area contributed by atoms with Gasteiger partial charge in [-0.15, -0.1) is 0 Å². The number of carbonyl (C=O) groups is 17. The van der Waals surface area contributed by atoms with Gasteiger partial charge < -0.3 is 144 Å². The van der Waals surface area contributed by atoms with E-state index in [1.54, 1.807) is 58.0 Å². The van der Waals surface area contributed by atoms with E-state index in [0.29, 0.717) is 12.0 Å². The van der Waals surface area contributed by atoms with E-state index in [-0.39, 0.29) is 69.7 Å². The first-order valence-corrected chi connectivity index (χ1v) is 36.8. The fourth-order valence-corrected chi connectivity index (χ4v) is 10.5. The van der Waals surface area contributed by atoms with Crippen molar-refractivity contribution in [2.45, 2.75) is 210 Å². The highest BCUT2D eigenvalue weighted by Crippen LogP contribution is 2.14. The lowest BCUT2D eigenvalue weighted by molar-refractivity contribution is -0.142.